The summed E-state index contributed by atoms with van der Waals surface area (Å²) >= 11 is 0. The minimum absolute atomic E-state index is 0.106. The standard InChI is InChI=1S/C19H28N4O5S/c1-19(2,3)28-18(25)22-12-7-10-16(22)17(24)20-11-13-23-15-9-6-5-8-14(15)21(4)29(23,26)27/h5-6,8-9,16H,7,10-13H2,1-4H3,(H,20,24). The number of nitrogens with zero attached hydrogens (tertiary/aromatic N) is 3. The van der Waals surface area contributed by atoms with Gasteiger partial charge in [-0.05, 0) is 45.7 Å². The molecule has 2 heterocycles. The van der Waals surface area contributed by atoms with Crippen LogP contribution in [0.25, 0.3) is 0 Å². The molecule has 29 heavy (non-hydrogen) atoms. The normalized spacial score (nSPS) is 20.6. The zero-order valence-corrected chi connectivity index (χ0v) is 18.0. The molecule has 0 spiro atoms. The summed E-state index contributed by atoms with van der Waals surface area (Å²) in [5.41, 5.74) is 0.552. The van der Waals surface area contributed by atoms with Crippen LogP contribution < -0.4 is 13.9 Å². The lowest BCUT2D eigenvalue weighted by Crippen LogP contribution is -2.49. The lowest BCUT2D eigenvalue weighted by atomic mass is 10.2. The van der Waals surface area contributed by atoms with Crippen LogP contribution in [0.2, 0.25) is 0 Å². The number of hydrogen-bond acceptors (Lipinski definition) is 5. The number of ether oxygens (including phenoxy) is 1. The summed E-state index contributed by atoms with van der Waals surface area (Å²) in [6, 6.07) is 6.43. The molecule has 1 N–H and O–H groups in total. The highest BCUT2D eigenvalue weighted by Gasteiger charge is 2.39. The van der Waals surface area contributed by atoms with E-state index in [1.165, 1.54) is 20.6 Å². The van der Waals surface area contributed by atoms with Crippen LogP contribution in [-0.4, -0.2) is 63.6 Å². The lowest BCUT2D eigenvalue weighted by molar-refractivity contribution is -0.125. The molecular formula is C19H28N4O5S. The van der Waals surface area contributed by atoms with Gasteiger partial charge in [-0.1, -0.05) is 12.1 Å². The number of nitrogens with one attached hydrogen (secondary N) is 1. The Balaban J connectivity index is 1.61. The summed E-state index contributed by atoms with van der Waals surface area (Å²) in [4.78, 5) is 26.4. The van der Waals surface area contributed by atoms with E-state index in [1.54, 1.807) is 45.0 Å². The quantitative estimate of drug-likeness (QED) is 0.793. The van der Waals surface area contributed by atoms with E-state index >= 15 is 0 Å². The van der Waals surface area contributed by atoms with Crippen molar-refractivity contribution in [2.75, 3.05) is 35.3 Å². The number of amides is 2. The third kappa shape index (κ3) is 4.26. The molecule has 1 fully saturated rings. The molecule has 0 aliphatic carbocycles. The van der Waals surface area contributed by atoms with Crippen molar-refractivity contribution in [3.8, 4) is 0 Å². The van der Waals surface area contributed by atoms with Crippen LogP contribution >= 0.6 is 0 Å². The molecule has 9 nitrogen and oxygen atoms in total. The number of likely N-dealkylation sites (tertiary alicyclic amines) is 1. The number of fused-ring (bicyclic) bond motifs is 1. The number of benzene rings is 1. The number of rotatable bonds is 4. The monoisotopic (exact) mass is 424 g/mol. The van der Waals surface area contributed by atoms with Crippen LogP contribution in [0.15, 0.2) is 24.3 Å². The summed E-state index contributed by atoms with van der Waals surface area (Å²) in [5.74, 6) is -0.299. The second-order valence-electron chi connectivity index (χ2n) is 8.16. The van der Waals surface area contributed by atoms with E-state index in [2.05, 4.69) is 5.32 Å². The molecule has 2 amide bonds. The molecule has 0 radical (unpaired) electrons. The van der Waals surface area contributed by atoms with Crippen molar-refractivity contribution in [2.24, 2.45) is 0 Å². The van der Waals surface area contributed by atoms with Gasteiger partial charge in [0, 0.05) is 20.1 Å². The van der Waals surface area contributed by atoms with Crippen LogP contribution in [0, 0.1) is 0 Å². The van der Waals surface area contributed by atoms with Crippen molar-refractivity contribution in [3.63, 3.8) is 0 Å². The van der Waals surface area contributed by atoms with Gasteiger partial charge in [-0.25, -0.2) is 9.10 Å². The van der Waals surface area contributed by atoms with Gasteiger partial charge in [0.15, 0.2) is 0 Å². The van der Waals surface area contributed by atoms with Crippen molar-refractivity contribution in [2.45, 2.75) is 45.3 Å². The molecule has 1 unspecified atom stereocenters. The Kier molecular flexibility index (Phi) is 5.66. The van der Waals surface area contributed by atoms with Crippen LogP contribution in [-0.2, 0) is 19.7 Å². The number of carbonyl (C=O) groups excluding carboxylic acids is 2. The highest BCUT2D eigenvalue weighted by atomic mass is 32.2. The summed E-state index contributed by atoms with van der Waals surface area (Å²) in [7, 11) is -2.15. The van der Waals surface area contributed by atoms with Gasteiger partial charge >= 0.3 is 16.3 Å². The minimum Gasteiger partial charge on any atom is -0.444 e. The molecule has 2 aliphatic rings. The molecule has 10 heteroatoms. The maximum atomic E-state index is 12.6. The van der Waals surface area contributed by atoms with E-state index in [4.69, 9.17) is 4.74 Å². The first-order valence-electron chi connectivity index (χ1n) is 9.65. The minimum atomic E-state index is -3.66. The Morgan fingerprint density at radius 3 is 2.52 bits per heavy atom. The fourth-order valence-corrected chi connectivity index (χ4v) is 4.97. The van der Waals surface area contributed by atoms with E-state index in [0.717, 1.165) is 6.42 Å². The zero-order chi connectivity index (χ0) is 21.4. The fraction of sp³-hybridized carbons (Fsp3) is 0.579. The Hall–Kier alpha value is -2.49. The van der Waals surface area contributed by atoms with Crippen LogP contribution in [0.5, 0.6) is 0 Å². The van der Waals surface area contributed by atoms with Crippen molar-refractivity contribution >= 4 is 33.6 Å². The van der Waals surface area contributed by atoms with Gasteiger partial charge in [-0.2, -0.15) is 8.42 Å². The van der Waals surface area contributed by atoms with E-state index < -0.39 is 27.9 Å². The zero-order valence-electron chi connectivity index (χ0n) is 17.2. The van der Waals surface area contributed by atoms with E-state index in [-0.39, 0.29) is 19.0 Å². The maximum absolute atomic E-state index is 12.6. The Morgan fingerprint density at radius 1 is 1.21 bits per heavy atom. The topological polar surface area (TPSA) is 99.3 Å². The summed E-state index contributed by atoms with van der Waals surface area (Å²) in [5, 5.41) is 2.77. The smallest absolute Gasteiger partial charge is 0.410 e. The molecule has 1 aromatic rings. The first kappa shape index (κ1) is 21.2. The molecule has 160 valence electrons. The third-order valence-electron chi connectivity index (χ3n) is 4.91. The number of hydrogen-bond donors (Lipinski definition) is 1. The van der Waals surface area contributed by atoms with Crippen LogP contribution in [0.1, 0.15) is 33.6 Å². The van der Waals surface area contributed by atoms with Gasteiger partial charge in [0.1, 0.15) is 11.6 Å². The van der Waals surface area contributed by atoms with E-state index in [9.17, 15) is 18.0 Å². The first-order valence-corrected chi connectivity index (χ1v) is 11.0. The number of carbonyl (C=O) groups is 2. The second-order valence-corrected chi connectivity index (χ2v) is 10.0. The SMILES string of the molecule is CN1c2ccccc2N(CCNC(=O)C2CCCN2C(=O)OC(C)(C)C)S1(=O)=O. The van der Waals surface area contributed by atoms with E-state index in [0.29, 0.717) is 24.3 Å². The largest absolute Gasteiger partial charge is 0.444 e. The maximum Gasteiger partial charge on any atom is 0.410 e. The van der Waals surface area contributed by atoms with Crippen LogP contribution in [0.4, 0.5) is 16.2 Å². The van der Waals surface area contributed by atoms with Gasteiger partial charge in [0.2, 0.25) is 5.91 Å². The molecule has 2 aliphatic heterocycles. The van der Waals surface area contributed by atoms with Gasteiger partial charge in [-0.15, -0.1) is 0 Å². The van der Waals surface area contributed by atoms with Gasteiger partial charge < -0.3 is 10.1 Å². The predicted molar refractivity (Wildman–Crippen MR) is 110 cm³/mol. The van der Waals surface area contributed by atoms with Crippen molar-refractivity contribution in [3.05, 3.63) is 24.3 Å². The number of anilines is 2. The molecular weight excluding hydrogens is 396 g/mol. The number of para-hydroxylation sites is 2. The molecule has 0 bridgehead atoms. The fourth-order valence-electron chi connectivity index (χ4n) is 3.55. The van der Waals surface area contributed by atoms with Crippen molar-refractivity contribution < 1.29 is 22.7 Å². The predicted octanol–water partition coefficient (Wildman–Crippen LogP) is 1.70. The summed E-state index contributed by atoms with van der Waals surface area (Å²) in [6.07, 6.45) is 0.766. The third-order valence-corrected chi connectivity index (χ3v) is 6.74. The molecule has 1 aromatic carbocycles. The summed E-state index contributed by atoms with van der Waals surface area (Å²) in [6.45, 7) is 6.04. The highest BCUT2D eigenvalue weighted by Crippen LogP contribution is 2.39. The van der Waals surface area contributed by atoms with E-state index in [1.807, 2.05) is 0 Å². The molecule has 0 saturated carbocycles. The summed E-state index contributed by atoms with van der Waals surface area (Å²) < 4.78 is 33.1. The van der Waals surface area contributed by atoms with Gasteiger partial charge in [-0.3, -0.25) is 14.0 Å². The Bertz CT molecular complexity index is 896. The first-order chi connectivity index (χ1) is 13.5. The molecule has 1 atom stereocenters. The molecule has 3 rings (SSSR count). The van der Waals surface area contributed by atoms with Crippen molar-refractivity contribution in [1.82, 2.24) is 10.2 Å². The lowest BCUT2D eigenvalue weighted by Gasteiger charge is -2.28. The Labute approximate surface area is 171 Å². The van der Waals surface area contributed by atoms with Gasteiger partial charge in [0.25, 0.3) is 0 Å². The highest BCUT2D eigenvalue weighted by molar-refractivity contribution is 7.94. The van der Waals surface area contributed by atoms with Crippen LogP contribution in [0.3, 0.4) is 0 Å². The van der Waals surface area contributed by atoms with Gasteiger partial charge in [0.05, 0.1) is 17.9 Å². The average Bonchev–Trinajstić information content (AvgIpc) is 3.19. The second kappa shape index (κ2) is 7.74. The Morgan fingerprint density at radius 2 is 1.86 bits per heavy atom. The molecule has 1 saturated heterocycles. The average molecular weight is 425 g/mol. The molecule has 0 aromatic heterocycles. The van der Waals surface area contributed by atoms with Crippen molar-refractivity contribution in [1.29, 1.82) is 0 Å².